The van der Waals surface area contributed by atoms with Crippen molar-refractivity contribution in [2.24, 2.45) is 10.9 Å². The number of carbonyl (C=O) groups excluding carboxylic acids is 1. The fourth-order valence-electron chi connectivity index (χ4n) is 3.99. The van der Waals surface area contributed by atoms with Gasteiger partial charge in [-0.25, -0.2) is 4.99 Å². The Morgan fingerprint density at radius 2 is 1.71 bits per heavy atom. The van der Waals surface area contributed by atoms with Crippen molar-refractivity contribution >= 4 is 28.2 Å². The zero-order chi connectivity index (χ0) is 24.9. The zero-order valence-corrected chi connectivity index (χ0v) is 20.7. The number of nitrogens with zero attached hydrogens (tertiary/aromatic N) is 2. The minimum atomic E-state index is -0.137. The molecular weight excluding hydrogens is 436 g/mol. The Morgan fingerprint density at radius 1 is 1.00 bits per heavy atom. The number of hydrogen-bond acceptors (Lipinski definition) is 4. The number of aromatic nitrogens is 1. The Labute approximate surface area is 206 Å². The molecular formula is C29H32N4O2. The lowest BCUT2D eigenvalue weighted by Crippen LogP contribution is -2.27. The van der Waals surface area contributed by atoms with Crippen LogP contribution in [-0.4, -0.2) is 47.2 Å². The summed E-state index contributed by atoms with van der Waals surface area (Å²) in [7, 11) is 4.08. The molecule has 0 saturated carbocycles. The van der Waals surface area contributed by atoms with Gasteiger partial charge in [0, 0.05) is 35.1 Å². The van der Waals surface area contributed by atoms with E-state index in [0.29, 0.717) is 29.3 Å². The van der Waals surface area contributed by atoms with Gasteiger partial charge < -0.3 is 20.3 Å². The second kappa shape index (κ2) is 10.6. The zero-order valence-electron chi connectivity index (χ0n) is 20.7. The molecule has 35 heavy (non-hydrogen) atoms. The number of fused-ring (bicyclic) bond motifs is 1. The maximum absolute atomic E-state index is 12.7. The summed E-state index contributed by atoms with van der Waals surface area (Å²) in [5.41, 5.74) is 5.34. The van der Waals surface area contributed by atoms with E-state index in [9.17, 15) is 9.90 Å². The Kier molecular flexibility index (Phi) is 7.32. The molecule has 6 heteroatoms. The van der Waals surface area contributed by atoms with Gasteiger partial charge in [0.05, 0.1) is 17.0 Å². The molecule has 1 amide bonds. The third-order valence-corrected chi connectivity index (χ3v) is 5.67. The molecule has 0 aliphatic heterocycles. The number of rotatable bonds is 8. The number of nitrogens with one attached hydrogen (secondary N) is 2. The van der Waals surface area contributed by atoms with Crippen LogP contribution in [-0.2, 0) is 6.54 Å². The Bertz CT molecular complexity index is 1340. The van der Waals surface area contributed by atoms with Crippen LogP contribution in [0.15, 0.2) is 77.8 Å². The molecule has 0 aliphatic carbocycles. The van der Waals surface area contributed by atoms with Gasteiger partial charge in [0.15, 0.2) is 5.88 Å². The molecule has 4 aromatic rings. The second-order valence-electron chi connectivity index (χ2n) is 9.44. The van der Waals surface area contributed by atoms with Gasteiger partial charge in [0.1, 0.15) is 0 Å². The first-order chi connectivity index (χ1) is 16.8. The molecule has 0 bridgehead atoms. The van der Waals surface area contributed by atoms with Crippen molar-refractivity contribution in [2.45, 2.75) is 20.4 Å². The molecule has 0 fully saturated rings. The summed E-state index contributed by atoms with van der Waals surface area (Å²) in [6.07, 6.45) is 0. The summed E-state index contributed by atoms with van der Waals surface area (Å²) in [6, 6.07) is 23.3. The number of amides is 1. The van der Waals surface area contributed by atoms with Crippen molar-refractivity contribution in [3.8, 4) is 5.88 Å². The van der Waals surface area contributed by atoms with Crippen LogP contribution in [0.3, 0.4) is 0 Å². The topological polar surface area (TPSA) is 80.7 Å². The molecule has 1 aromatic heterocycles. The Balaban J connectivity index is 1.81. The third kappa shape index (κ3) is 5.78. The second-order valence-corrected chi connectivity index (χ2v) is 9.44. The average molecular weight is 469 g/mol. The number of aliphatic imine (C=N–C) groups is 1. The largest absolute Gasteiger partial charge is 0.494 e. The van der Waals surface area contributed by atoms with Crippen LogP contribution >= 0.6 is 0 Å². The van der Waals surface area contributed by atoms with Gasteiger partial charge in [0.25, 0.3) is 5.91 Å². The van der Waals surface area contributed by atoms with Crippen LogP contribution in [0.1, 0.15) is 40.9 Å². The number of benzene rings is 3. The summed E-state index contributed by atoms with van der Waals surface area (Å²) in [4.78, 5) is 22.9. The number of H-pyrrole nitrogens is 1. The predicted molar refractivity (Wildman–Crippen MR) is 143 cm³/mol. The van der Waals surface area contributed by atoms with Gasteiger partial charge >= 0.3 is 0 Å². The van der Waals surface area contributed by atoms with Crippen LogP contribution < -0.4 is 5.32 Å². The van der Waals surface area contributed by atoms with Crippen LogP contribution in [0, 0.1) is 5.92 Å². The highest BCUT2D eigenvalue weighted by Gasteiger charge is 2.20. The van der Waals surface area contributed by atoms with Crippen LogP contribution in [0.25, 0.3) is 10.9 Å². The molecule has 3 aromatic carbocycles. The molecule has 0 radical (unpaired) electrons. The molecule has 6 nitrogen and oxygen atoms in total. The van der Waals surface area contributed by atoms with E-state index in [2.05, 4.69) is 41.2 Å². The highest BCUT2D eigenvalue weighted by atomic mass is 16.3. The van der Waals surface area contributed by atoms with E-state index >= 15 is 0 Å². The molecule has 0 spiro atoms. The van der Waals surface area contributed by atoms with Gasteiger partial charge in [-0.15, -0.1) is 0 Å². The first-order valence-corrected chi connectivity index (χ1v) is 11.8. The highest BCUT2D eigenvalue weighted by molar-refractivity contribution is 6.22. The lowest BCUT2D eigenvalue weighted by Gasteiger charge is -2.11. The molecule has 0 saturated heterocycles. The standard InChI is InChI=1S/C29H32N4O2/c1-19(2)17-30-28(34)22-12-15-25-24(16-22)26(29(35)32-25)27(21-8-6-5-7-9-21)31-23-13-10-20(11-14-23)18-33(3)4/h5-16,19,32,35H,17-18H2,1-4H3,(H,30,34). The summed E-state index contributed by atoms with van der Waals surface area (Å²) in [6.45, 7) is 5.56. The van der Waals surface area contributed by atoms with Gasteiger partial charge in [-0.2, -0.15) is 0 Å². The molecule has 0 atom stereocenters. The lowest BCUT2D eigenvalue weighted by molar-refractivity contribution is 0.0949. The summed E-state index contributed by atoms with van der Waals surface area (Å²) in [5, 5.41) is 14.7. The summed E-state index contributed by atoms with van der Waals surface area (Å²) in [5.74, 6) is 0.240. The number of carbonyl (C=O) groups is 1. The first kappa shape index (κ1) is 24.2. The van der Waals surface area contributed by atoms with E-state index in [1.807, 2.05) is 68.7 Å². The van der Waals surface area contributed by atoms with Crippen LogP contribution in [0.5, 0.6) is 5.88 Å². The first-order valence-electron chi connectivity index (χ1n) is 11.8. The molecule has 0 aliphatic rings. The minimum absolute atomic E-state index is 0.0200. The highest BCUT2D eigenvalue weighted by Crippen LogP contribution is 2.32. The minimum Gasteiger partial charge on any atom is -0.494 e. The normalized spacial score (nSPS) is 12.0. The smallest absolute Gasteiger partial charge is 0.251 e. The van der Waals surface area contributed by atoms with E-state index in [1.165, 1.54) is 5.56 Å². The van der Waals surface area contributed by atoms with Crippen LogP contribution in [0.4, 0.5) is 5.69 Å². The SMILES string of the molecule is CC(C)CNC(=O)c1ccc2[nH]c(O)c(C(=Nc3ccc(CN(C)C)cc3)c3ccccc3)c2c1. The van der Waals surface area contributed by atoms with E-state index < -0.39 is 0 Å². The van der Waals surface area contributed by atoms with Crippen molar-refractivity contribution in [1.29, 1.82) is 0 Å². The van der Waals surface area contributed by atoms with Crippen molar-refractivity contribution in [1.82, 2.24) is 15.2 Å². The van der Waals surface area contributed by atoms with Gasteiger partial charge in [0.2, 0.25) is 0 Å². The summed E-state index contributed by atoms with van der Waals surface area (Å²) < 4.78 is 0. The molecule has 1 heterocycles. The van der Waals surface area contributed by atoms with Gasteiger partial charge in [-0.1, -0.05) is 56.3 Å². The Morgan fingerprint density at radius 3 is 2.37 bits per heavy atom. The van der Waals surface area contributed by atoms with Gasteiger partial charge in [-0.3, -0.25) is 4.79 Å². The van der Waals surface area contributed by atoms with E-state index in [-0.39, 0.29) is 11.8 Å². The average Bonchev–Trinajstić information content (AvgIpc) is 3.17. The number of aromatic hydroxyl groups is 1. The summed E-state index contributed by atoms with van der Waals surface area (Å²) >= 11 is 0. The number of aromatic amines is 1. The van der Waals surface area contributed by atoms with E-state index in [0.717, 1.165) is 28.7 Å². The van der Waals surface area contributed by atoms with E-state index in [1.54, 1.807) is 6.07 Å². The van der Waals surface area contributed by atoms with Crippen molar-refractivity contribution in [3.05, 3.63) is 95.1 Å². The monoisotopic (exact) mass is 468 g/mol. The maximum atomic E-state index is 12.7. The van der Waals surface area contributed by atoms with Gasteiger partial charge in [-0.05, 0) is 55.9 Å². The van der Waals surface area contributed by atoms with Crippen molar-refractivity contribution in [3.63, 3.8) is 0 Å². The number of hydrogen-bond donors (Lipinski definition) is 3. The molecule has 3 N–H and O–H groups in total. The molecule has 0 unspecified atom stereocenters. The quantitative estimate of drug-likeness (QED) is 0.299. The third-order valence-electron chi connectivity index (χ3n) is 5.67. The maximum Gasteiger partial charge on any atom is 0.251 e. The van der Waals surface area contributed by atoms with E-state index in [4.69, 9.17) is 4.99 Å². The molecule has 180 valence electrons. The van der Waals surface area contributed by atoms with Crippen molar-refractivity contribution in [2.75, 3.05) is 20.6 Å². The fraction of sp³-hybridized carbons (Fsp3) is 0.241. The predicted octanol–water partition coefficient (Wildman–Crippen LogP) is 5.49. The van der Waals surface area contributed by atoms with Crippen molar-refractivity contribution < 1.29 is 9.90 Å². The fourth-order valence-corrected chi connectivity index (χ4v) is 3.99. The Hall–Kier alpha value is -3.90. The molecule has 4 rings (SSSR count). The van der Waals surface area contributed by atoms with Crippen LogP contribution in [0.2, 0.25) is 0 Å². The lowest BCUT2D eigenvalue weighted by atomic mass is 9.99.